The molecule has 0 atom stereocenters. The number of hydrogen-bond acceptors (Lipinski definition) is 3. The number of aromatic nitrogens is 1. The molecule has 3 heteroatoms. The van der Waals surface area contributed by atoms with E-state index in [1.54, 1.807) is 0 Å². The summed E-state index contributed by atoms with van der Waals surface area (Å²) in [6, 6.07) is 49.1. The predicted molar refractivity (Wildman–Crippen MR) is 171 cm³/mol. The molecule has 0 aliphatic rings. The van der Waals surface area contributed by atoms with Crippen LogP contribution in [0.2, 0.25) is 0 Å². The molecule has 1 aromatic heterocycles. The van der Waals surface area contributed by atoms with Crippen LogP contribution in [0.25, 0.3) is 55.9 Å². The summed E-state index contributed by atoms with van der Waals surface area (Å²) in [4.78, 5) is 5.16. The fraction of sp³-hybridized carbons (Fsp3) is 0.0541. The molecule has 3 nitrogen and oxygen atoms in total. The Morgan fingerprint density at radius 1 is 0.400 bits per heavy atom. The zero-order valence-corrected chi connectivity index (χ0v) is 22.7. The van der Waals surface area contributed by atoms with Crippen LogP contribution < -0.4 is 10.6 Å². The Bertz CT molecular complexity index is 1760. The molecule has 6 aromatic rings. The molecule has 0 aliphatic carbocycles. The van der Waals surface area contributed by atoms with Gasteiger partial charge in [-0.3, -0.25) is 0 Å². The molecule has 0 aliphatic heterocycles. The second-order valence-electron chi connectivity index (χ2n) is 9.78. The van der Waals surface area contributed by atoms with E-state index in [9.17, 15) is 0 Å². The smallest absolute Gasteiger partial charge is 0.0715 e. The zero-order valence-electron chi connectivity index (χ0n) is 22.7. The fourth-order valence-corrected chi connectivity index (χ4v) is 5.11. The van der Waals surface area contributed by atoms with Gasteiger partial charge < -0.3 is 10.6 Å². The van der Waals surface area contributed by atoms with Gasteiger partial charge in [0.25, 0.3) is 0 Å². The Kier molecular flexibility index (Phi) is 7.11. The minimum absolute atomic E-state index is 0.944. The minimum atomic E-state index is 0.944. The Balaban J connectivity index is 1.49. The zero-order chi connectivity index (χ0) is 27.3. The van der Waals surface area contributed by atoms with Crippen LogP contribution in [0.1, 0.15) is 0 Å². The number of nitrogens with one attached hydrogen (secondary N) is 2. The summed E-state index contributed by atoms with van der Waals surface area (Å²) in [5, 5.41) is 6.60. The third kappa shape index (κ3) is 5.23. The lowest BCUT2D eigenvalue weighted by molar-refractivity contribution is 1.32. The van der Waals surface area contributed by atoms with Crippen molar-refractivity contribution >= 4 is 11.4 Å². The molecular formula is C37H31N3. The first kappa shape index (κ1) is 25.1. The highest BCUT2D eigenvalue weighted by molar-refractivity contribution is 5.85. The summed E-state index contributed by atoms with van der Waals surface area (Å²) in [5.74, 6) is 0. The lowest BCUT2D eigenvalue weighted by Gasteiger charge is -2.14. The molecule has 0 fully saturated rings. The van der Waals surface area contributed by atoms with Crippen molar-refractivity contribution in [1.82, 2.24) is 4.98 Å². The maximum absolute atomic E-state index is 5.16. The van der Waals surface area contributed by atoms with Crippen LogP contribution in [-0.4, -0.2) is 19.1 Å². The van der Waals surface area contributed by atoms with Crippen molar-refractivity contribution in [2.24, 2.45) is 0 Å². The minimum Gasteiger partial charge on any atom is -0.388 e. The van der Waals surface area contributed by atoms with Crippen molar-refractivity contribution in [3.63, 3.8) is 0 Å². The number of benzene rings is 5. The first-order chi connectivity index (χ1) is 19.7. The topological polar surface area (TPSA) is 37.0 Å². The van der Waals surface area contributed by atoms with Gasteiger partial charge in [0.15, 0.2) is 0 Å². The standard InChI is InChI=1S/C37H31N3/c1-38-33-19-20-35(39-2)34(25-33)30-17-10-18-31(22-30)37-24-32(23-36(40-37)27-13-7-4-8-14-27)29-16-9-15-28(21-29)26-11-5-3-6-12-26/h3-25,38-39H,1-2H3. The summed E-state index contributed by atoms with van der Waals surface area (Å²) in [7, 11) is 3.91. The number of pyridine rings is 1. The summed E-state index contributed by atoms with van der Waals surface area (Å²) in [5.41, 5.74) is 13.2. The van der Waals surface area contributed by atoms with Crippen LogP contribution in [0, 0.1) is 0 Å². The van der Waals surface area contributed by atoms with E-state index in [1.165, 1.54) is 11.1 Å². The quantitative estimate of drug-likeness (QED) is 0.221. The van der Waals surface area contributed by atoms with Crippen molar-refractivity contribution in [2.45, 2.75) is 0 Å². The van der Waals surface area contributed by atoms with Gasteiger partial charge >= 0.3 is 0 Å². The second kappa shape index (κ2) is 11.3. The highest BCUT2D eigenvalue weighted by Crippen LogP contribution is 2.36. The first-order valence-electron chi connectivity index (χ1n) is 13.6. The number of nitrogens with zero attached hydrogens (tertiary/aromatic N) is 1. The van der Waals surface area contributed by atoms with E-state index >= 15 is 0 Å². The van der Waals surface area contributed by atoms with Crippen LogP contribution >= 0.6 is 0 Å². The van der Waals surface area contributed by atoms with Crippen LogP contribution in [0.3, 0.4) is 0 Å². The highest BCUT2D eigenvalue weighted by Gasteiger charge is 2.12. The molecule has 0 spiro atoms. The van der Waals surface area contributed by atoms with E-state index in [4.69, 9.17) is 4.98 Å². The average Bonchev–Trinajstić information content (AvgIpc) is 3.05. The van der Waals surface area contributed by atoms with Gasteiger partial charge in [-0.1, -0.05) is 97.1 Å². The average molecular weight is 518 g/mol. The summed E-state index contributed by atoms with van der Waals surface area (Å²) >= 11 is 0. The molecular weight excluding hydrogens is 486 g/mol. The third-order valence-corrected chi connectivity index (χ3v) is 7.24. The molecule has 6 rings (SSSR count). The fourth-order valence-electron chi connectivity index (χ4n) is 5.11. The summed E-state index contributed by atoms with van der Waals surface area (Å²) < 4.78 is 0. The van der Waals surface area contributed by atoms with Crippen molar-refractivity contribution < 1.29 is 0 Å². The monoisotopic (exact) mass is 517 g/mol. The molecule has 0 radical (unpaired) electrons. The van der Waals surface area contributed by atoms with E-state index in [0.717, 1.165) is 56.1 Å². The van der Waals surface area contributed by atoms with Crippen LogP contribution in [0.4, 0.5) is 11.4 Å². The van der Waals surface area contributed by atoms with Gasteiger partial charge in [-0.15, -0.1) is 0 Å². The molecule has 194 valence electrons. The van der Waals surface area contributed by atoms with Crippen molar-refractivity contribution in [3.05, 3.63) is 140 Å². The molecule has 0 amide bonds. The van der Waals surface area contributed by atoms with Gasteiger partial charge in [-0.25, -0.2) is 4.98 Å². The second-order valence-corrected chi connectivity index (χ2v) is 9.78. The van der Waals surface area contributed by atoms with E-state index in [0.29, 0.717) is 0 Å². The maximum atomic E-state index is 5.16. The van der Waals surface area contributed by atoms with Crippen LogP contribution in [-0.2, 0) is 0 Å². The largest absolute Gasteiger partial charge is 0.388 e. The van der Waals surface area contributed by atoms with Gasteiger partial charge in [0.05, 0.1) is 11.4 Å². The molecule has 0 saturated carbocycles. The first-order valence-corrected chi connectivity index (χ1v) is 13.6. The van der Waals surface area contributed by atoms with E-state index in [2.05, 4.69) is 144 Å². The lowest BCUT2D eigenvalue weighted by Crippen LogP contribution is -1.95. The van der Waals surface area contributed by atoms with Crippen LogP contribution in [0.15, 0.2) is 140 Å². The normalized spacial score (nSPS) is 10.8. The van der Waals surface area contributed by atoms with E-state index in [1.807, 2.05) is 20.2 Å². The van der Waals surface area contributed by atoms with Crippen LogP contribution in [0.5, 0.6) is 0 Å². The predicted octanol–water partition coefficient (Wildman–Crippen LogP) is 9.50. The van der Waals surface area contributed by atoms with E-state index < -0.39 is 0 Å². The van der Waals surface area contributed by atoms with Crippen molar-refractivity contribution in [3.8, 4) is 55.9 Å². The van der Waals surface area contributed by atoms with E-state index in [-0.39, 0.29) is 0 Å². The third-order valence-electron chi connectivity index (χ3n) is 7.24. The van der Waals surface area contributed by atoms with Gasteiger partial charge in [0, 0.05) is 42.2 Å². The van der Waals surface area contributed by atoms with Gasteiger partial charge in [0.1, 0.15) is 0 Å². The Morgan fingerprint density at radius 3 is 1.62 bits per heavy atom. The van der Waals surface area contributed by atoms with Gasteiger partial charge in [-0.05, 0) is 70.3 Å². The SMILES string of the molecule is CNc1ccc(NC)c(-c2cccc(-c3cc(-c4cccc(-c5ccccc5)c4)cc(-c4ccccc4)n3)c2)c1. The Morgan fingerprint density at radius 2 is 0.950 bits per heavy atom. The van der Waals surface area contributed by atoms with Gasteiger partial charge in [-0.2, -0.15) is 0 Å². The number of hydrogen-bond donors (Lipinski definition) is 2. The maximum Gasteiger partial charge on any atom is 0.0715 e. The molecule has 40 heavy (non-hydrogen) atoms. The highest BCUT2D eigenvalue weighted by atomic mass is 14.8. The molecule has 0 bridgehead atoms. The number of rotatable bonds is 7. The summed E-state index contributed by atoms with van der Waals surface area (Å²) in [6.07, 6.45) is 0. The molecule has 0 saturated heterocycles. The molecule has 5 aromatic carbocycles. The Hall–Kier alpha value is -5.15. The van der Waals surface area contributed by atoms with Gasteiger partial charge in [0.2, 0.25) is 0 Å². The summed E-state index contributed by atoms with van der Waals surface area (Å²) in [6.45, 7) is 0. The molecule has 1 heterocycles. The lowest BCUT2D eigenvalue weighted by atomic mass is 9.95. The Labute approximate surface area is 236 Å². The number of anilines is 2. The van der Waals surface area contributed by atoms with Crippen molar-refractivity contribution in [2.75, 3.05) is 24.7 Å². The molecule has 2 N–H and O–H groups in total. The molecule has 0 unspecified atom stereocenters. The van der Waals surface area contributed by atoms with Crippen molar-refractivity contribution in [1.29, 1.82) is 0 Å².